The molecular formula is C48H70O7Si2. The summed E-state index contributed by atoms with van der Waals surface area (Å²) in [5.74, 6) is 1.50. The standard InChI is InChI=1S/C48H70O7Si2/c1-35(2)32-48(13)44(52-36(3)22-21-31-50-33-37-27-29-38(49-14)30-28-37)43(42-41(53-48)34-51-57(55-42,46(7,8)9)47(10,11)12)54-56(45(4,5)6,39-23-17-15-18-24-39)40-25-19-16-20-26-40/h15-20,23-30,41-44H,1,3,21-22,31-34H2,2,4-14H3/t41-,42-,43+,44-,48+/m1/s1. The summed E-state index contributed by atoms with van der Waals surface area (Å²) >= 11 is 0. The van der Waals surface area contributed by atoms with Crippen molar-refractivity contribution in [2.45, 2.75) is 147 Å². The summed E-state index contributed by atoms with van der Waals surface area (Å²) in [7, 11) is -4.46. The topological polar surface area (TPSA) is 64.6 Å². The molecule has 2 aliphatic heterocycles. The lowest BCUT2D eigenvalue weighted by Crippen LogP contribution is -2.77. The average Bonchev–Trinajstić information content (AvgIpc) is 3.13. The molecule has 0 aromatic heterocycles. The Morgan fingerprint density at radius 3 is 1.89 bits per heavy atom. The maximum atomic E-state index is 8.17. The third kappa shape index (κ3) is 9.56. The molecule has 0 spiro atoms. The van der Waals surface area contributed by atoms with E-state index in [0.29, 0.717) is 38.4 Å². The van der Waals surface area contributed by atoms with Gasteiger partial charge in [-0.1, -0.05) is 147 Å². The zero-order valence-electron chi connectivity index (χ0n) is 36.9. The van der Waals surface area contributed by atoms with Gasteiger partial charge in [0.25, 0.3) is 8.32 Å². The summed E-state index contributed by atoms with van der Waals surface area (Å²) in [6.45, 7) is 35.0. The van der Waals surface area contributed by atoms with Gasteiger partial charge in [-0.2, -0.15) is 0 Å². The summed E-state index contributed by atoms with van der Waals surface area (Å²) < 4.78 is 48.7. The molecule has 312 valence electrons. The summed E-state index contributed by atoms with van der Waals surface area (Å²) in [5.41, 5.74) is 1.27. The van der Waals surface area contributed by atoms with Crippen molar-refractivity contribution in [3.05, 3.63) is 115 Å². The number of hydrogen-bond acceptors (Lipinski definition) is 7. The molecule has 2 heterocycles. The van der Waals surface area contributed by atoms with Crippen LogP contribution in [0.1, 0.15) is 101 Å². The van der Waals surface area contributed by atoms with Crippen LogP contribution in [0.3, 0.4) is 0 Å². The Labute approximate surface area is 346 Å². The Balaban J connectivity index is 1.58. The predicted octanol–water partition coefficient (Wildman–Crippen LogP) is 10.4. The molecule has 0 unspecified atom stereocenters. The molecule has 2 saturated heterocycles. The molecule has 5 atom stereocenters. The normalized spacial score (nSPS) is 24.0. The van der Waals surface area contributed by atoms with Crippen molar-refractivity contribution in [1.82, 2.24) is 0 Å². The van der Waals surface area contributed by atoms with Crippen molar-refractivity contribution < 1.29 is 32.2 Å². The first-order valence-corrected chi connectivity index (χ1v) is 24.4. The average molecular weight is 815 g/mol. The van der Waals surface area contributed by atoms with Gasteiger partial charge in [-0.3, -0.25) is 0 Å². The minimum atomic E-state index is -3.14. The molecule has 5 rings (SSSR count). The van der Waals surface area contributed by atoms with Crippen molar-refractivity contribution in [2.75, 3.05) is 20.3 Å². The molecule has 2 aliphatic rings. The second-order valence-electron chi connectivity index (χ2n) is 19.4. The highest BCUT2D eigenvalue weighted by Crippen LogP contribution is 2.56. The van der Waals surface area contributed by atoms with E-state index in [1.807, 2.05) is 24.3 Å². The van der Waals surface area contributed by atoms with Gasteiger partial charge in [-0.15, -0.1) is 6.58 Å². The molecule has 2 fully saturated rings. The number of benzene rings is 3. The van der Waals surface area contributed by atoms with E-state index in [9.17, 15) is 0 Å². The Kier molecular flexibility index (Phi) is 14.0. The molecule has 3 aromatic carbocycles. The second kappa shape index (κ2) is 17.7. The van der Waals surface area contributed by atoms with Gasteiger partial charge in [0.1, 0.15) is 29.7 Å². The summed E-state index contributed by atoms with van der Waals surface area (Å²) in [4.78, 5) is 0. The quantitative estimate of drug-likeness (QED) is 0.0655. The van der Waals surface area contributed by atoms with Crippen LogP contribution in [0.2, 0.25) is 15.1 Å². The third-order valence-electron chi connectivity index (χ3n) is 11.6. The number of ether oxygens (including phenoxy) is 4. The van der Waals surface area contributed by atoms with Crippen molar-refractivity contribution in [1.29, 1.82) is 0 Å². The van der Waals surface area contributed by atoms with Crippen molar-refractivity contribution >= 4 is 27.3 Å². The van der Waals surface area contributed by atoms with E-state index in [2.05, 4.69) is 150 Å². The minimum Gasteiger partial charge on any atom is -0.497 e. The highest BCUT2D eigenvalue weighted by atomic mass is 28.4. The summed E-state index contributed by atoms with van der Waals surface area (Å²) in [5, 5.41) is 1.61. The number of fused-ring (bicyclic) bond motifs is 1. The van der Waals surface area contributed by atoms with Crippen LogP contribution >= 0.6 is 0 Å². The summed E-state index contributed by atoms with van der Waals surface area (Å²) in [6, 6.07) is 29.6. The van der Waals surface area contributed by atoms with Gasteiger partial charge < -0.3 is 32.2 Å². The van der Waals surface area contributed by atoms with Gasteiger partial charge in [0.2, 0.25) is 0 Å². The van der Waals surface area contributed by atoms with Crippen LogP contribution < -0.4 is 15.1 Å². The van der Waals surface area contributed by atoms with Crippen LogP contribution in [0.25, 0.3) is 0 Å². The van der Waals surface area contributed by atoms with Gasteiger partial charge in [0, 0.05) is 29.5 Å². The van der Waals surface area contributed by atoms with E-state index in [-0.39, 0.29) is 21.2 Å². The lowest BCUT2D eigenvalue weighted by Gasteiger charge is -2.61. The van der Waals surface area contributed by atoms with Crippen molar-refractivity contribution in [3.63, 3.8) is 0 Å². The van der Waals surface area contributed by atoms with Gasteiger partial charge in [-0.05, 0) is 53.4 Å². The van der Waals surface area contributed by atoms with E-state index >= 15 is 0 Å². The van der Waals surface area contributed by atoms with Crippen LogP contribution in [0.5, 0.6) is 5.75 Å². The molecule has 0 amide bonds. The number of rotatable bonds is 15. The molecule has 0 bridgehead atoms. The van der Waals surface area contributed by atoms with E-state index in [0.717, 1.165) is 23.3 Å². The van der Waals surface area contributed by atoms with Crippen LogP contribution in [0, 0.1) is 0 Å². The maximum Gasteiger partial charge on any atom is 0.349 e. The van der Waals surface area contributed by atoms with E-state index in [1.54, 1.807) is 7.11 Å². The monoisotopic (exact) mass is 814 g/mol. The molecule has 3 aromatic rings. The first-order chi connectivity index (χ1) is 26.7. The van der Waals surface area contributed by atoms with Crippen molar-refractivity contribution in [3.8, 4) is 5.75 Å². The first kappa shape index (κ1) is 45.1. The summed E-state index contributed by atoms with van der Waals surface area (Å²) in [6.07, 6.45) is -0.0230. The fraction of sp³-hybridized carbons (Fsp3) is 0.542. The Morgan fingerprint density at radius 1 is 0.842 bits per heavy atom. The van der Waals surface area contributed by atoms with Crippen LogP contribution in [-0.2, 0) is 34.1 Å². The molecule has 0 N–H and O–H groups in total. The van der Waals surface area contributed by atoms with Gasteiger partial charge in [0.05, 0.1) is 26.1 Å². The van der Waals surface area contributed by atoms with E-state index in [4.69, 9.17) is 32.2 Å². The third-order valence-corrected chi connectivity index (χ3v) is 21.7. The molecule has 0 saturated carbocycles. The SMILES string of the molecule is C=C(C)C[C@]1(C)O[C@@H]2CO[Si](C(C)(C)C)(C(C)(C)C)O[C@H]2[C@H](O[Si](c2ccccc2)(c2ccccc2)C(C)(C)C)[C@H]1OC(=C)CCCOCc1ccc(OC)cc1. The Bertz CT molecular complexity index is 1720. The van der Waals surface area contributed by atoms with Gasteiger partial charge in [0.15, 0.2) is 6.10 Å². The minimum absolute atomic E-state index is 0.248. The second-order valence-corrected chi connectivity index (χ2v) is 28.5. The molecule has 7 nitrogen and oxygen atoms in total. The highest BCUT2D eigenvalue weighted by Gasteiger charge is 2.68. The maximum absolute atomic E-state index is 8.17. The Hall–Kier alpha value is -3.03. The Morgan fingerprint density at radius 2 is 1.40 bits per heavy atom. The number of hydrogen-bond donors (Lipinski definition) is 0. The fourth-order valence-corrected chi connectivity index (χ4v) is 18.9. The molecule has 9 heteroatoms. The molecular weight excluding hydrogens is 745 g/mol. The van der Waals surface area contributed by atoms with E-state index < -0.39 is 40.8 Å². The van der Waals surface area contributed by atoms with Crippen LogP contribution in [0.4, 0.5) is 0 Å². The van der Waals surface area contributed by atoms with Gasteiger partial charge >= 0.3 is 8.56 Å². The number of methoxy groups -OCH3 is 1. The fourth-order valence-electron chi connectivity index (χ4n) is 9.30. The van der Waals surface area contributed by atoms with E-state index in [1.165, 1.54) is 10.4 Å². The van der Waals surface area contributed by atoms with Crippen LogP contribution in [0.15, 0.2) is 109 Å². The van der Waals surface area contributed by atoms with Gasteiger partial charge in [-0.25, -0.2) is 0 Å². The number of allylic oxidation sites excluding steroid dienone is 1. The zero-order valence-corrected chi connectivity index (χ0v) is 38.9. The smallest absolute Gasteiger partial charge is 0.349 e. The largest absolute Gasteiger partial charge is 0.497 e. The lowest BCUT2D eigenvalue weighted by molar-refractivity contribution is -0.279. The predicted molar refractivity (Wildman–Crippen MR) is 237 cm³/mol. The van der Waals surface area contributed by atoms with Crippen LogP contribution in [-0.4, -0.2) is 67.2 Å². The first-order valence-electron chi connectivity index (χ1n) is 20.7. The zero-order chi connectivity index (χ0) is 41.9. The lowest BCUT2D eigenvalue weighted by atomic mass is 9.82. The molecule has 0 radical (unpaired) electrons. The van der Waals surface area contributed by atoms with Crippen molar-refractivity contribution in [2.24, 2.45) is 0 Å². The highest BCUT2D eigenvalue weighted by molar-refractivity contribution is 6.99. The molecule has 0 aliphatic carbocycles. The molecule has 57 heavy (non-hydrogen) atoms.